The van der Waals surface area contributed by atoms with Crippen LogP contribution in [0.25, 0.3) is 22.6 Å². The van der Waals surface area contributed by atoms with Crippen LogP contribution in [-0.4, -0.2) is 28.2 Å². The van der Waals surface area contributed by atoms with E-state index in [4.69, 9.17) is 0 Å². The van der Waals surface area contributed by atoms with Gasteiger partial charge in [0.25, 0.3) is 11.1 Å². The van der Waals surface area contributed by atoms with Gasteiger partial charge in [0, 0.05) is 14.1 Å². The quantitative estimate of drug-likeness (QED) is 0.542. The summed E-state index contributed by atoms with van der Waals surface area (Å²) in [4.78, 5) is 42.7. The maximum absolute atomic E-state index is 13.4. The minimum absolute atomic E-state index is 0.0181. The fourth-order valence-corrected chi connectivity index (χ4v) is 3.49. The minimum atomic E-state index is -0.662. The van der Waals surface area contributed by atoms with Gasteiger partial charge in [0.2, 0.25) is 11.7 Å². The lowest BCUT2D eigenvalue weighted by Gasteiger charge is -2.15. The van der Waals surface area contributed by atoms with Crippen molar-refractivity contribution in [1.82, 2.24) is 23.1 Å². The number of fused-ring (bicyclic) bond motifs is 3. The summed E-state index contributed by atoms with van der Waals surface area (Å²) in [6.45, 7) is 3.45. The fraction of sp³-hybridized carbons (Fsp3) is 0.263. The van der Waals surface area contributed by atoms with E-state index in [0.717, 1.165) is 13.5 Å². The molecule has 1 N–H and O–H groups in total. The SMILES string of the molecule is CC(C)c1c(O)n2c3c(=O)n(C)c(=O)n(C)c3nc2n(-c2ccc(F)cc2)c1=O. The Bertz CT molecular complexity index is 1470. The Morgan fingerprint density at radius 2 is 1.62 bits per heavy atom. The average molecular weight is 399 g/mol. The van der Waals surface area contributed by atoms with Gasteiger partial charge in [-0.3, -0.25) is 18.7 Å². The van der Waals surface area contributed by atoms with Crippen LogP contribution in [0.15, 0.2) is 38.6 Å². The predicted octanol–water partition coefficient (Wildman–Crippen LogP) is 1.00. The molecular weight excluding hydrogens is 381 g/mol. The molecule has 0 aliphatic heterocycles. The molecule has 0 aliphatic rings. The fourth-order valence-electron chi connectivity index (χ4n) is 3.49. The molecular formula is C19H18FN5O4. The van der Waals surface area contributed by atoms with Crippen molar-refractivity contribution in [2.45, 2.75) is 19.8 Å². The van der Waals surface area contributed by atoms with Gasteiger partial charge in [-0.15, -0.1) is 0 Å². The Kier molecular flexibility index (Phi) is 3.96. The average Bonchev–Trinajstić information content (AvgIpc) is 3.06. The van der Waals surface area contributed by atoms with E-state index in [1.165, 1.54) is 42.9 Å². The topological polar surface area (TPSA) is 104 Å². The van der Waals surface area contributed by atoms with Crippen LogP contribution >= 0.6 is 0 Å². The summed E-state index contributed by atoms with van der Waals surface area (Å²) >= 11 is 0. The number of hydrogen-bond donors (Lipinski definition) is 1. The van der Waals surface area contributed by atoms with Crippen LogP contribution in [0.5, 0.6) is 5.88 Å². The van der Waals surface area contributed by atoms with E-state index in [2.05, 4.69) is 4.98 Å². The molecule has 4 rings (SSSR count). The van der Waals surface area contributed by atoms with Gasteiger partial charge in [-0.2, -0.15) is 4.98 Å². The third kappa shape index (κ3) is 2.45. The maximum Gasteiger partial charge on any atom is 0.332 e. The second-order valence-electron chi connectivity index (χ2n) is 7.13. The van der Waals surface area contributed by atoms with Crippen molar-refractivity contribution in [1.29, 1.82) is 0 Å². The highest BCUT2D eigenvalue weighted by Gasteiger charge is 2.26. The molecule has 0 fully saturated rings. The van der Waals surface area contributed by atoms with Crippen molar-refractivity contribution in [2.24, 2.45) is 14.1 Å². The third-order valence-electron chi connectivity index (χ3n) is 4.99. The first-order chi connectivity index (χ1) is 13.6. The molecule has 0 spiro atoms. The molecule has 4 aromatic rings. The molecule has 29 heavy (non-hydrogen) atoms. The molecule has 3 heterocycles. The lowest BCUT2D eigenvalue weighted by molar-refractivity contribution is 0.432. The molecule has 0 unspecified atom stereocenters. The zero-order valence-corrected chi connectivity index (χ0v) is 16.2. The van der Waals surface area contributed by atoms with Crippen molar-refractivity contribution in [3.63, 3.8) is 0 Å². The van der Waals surface area contributed by atoms with Gasteiger partial charge in [-0.1, -0.05) is 13.8 Å². The van der Waals surface area contributed by atoms with Crippen LogP contribution < -0.4 is 16.8 Å². The number of rotatable bonds is 2. The summed E-state index contributed by atoms with van der Waals surface area (Å²) in [5, 5.41) is 10.9. The van der Waals surface area contributed by atoms with Crippen LogP contribution in [0.3, 0.4) is 0 Å². The summed E-state index contributed by atoms with van der Waals surface area (Å²) in [6.07, 6.45) is 0. The normalized spacial score (nSPS) is 11.8. The first kappa shape index (κ1) is 18.7. The Morgan fingerprint density at radius 3 is 2.21 bits per heavy atom. The number of benzene rings is 1. The summed E-state index contributed by atoms with van der Waals surface area (Å²) in [7, 11) is 2.76. The molecule has 0 bridgehead atoms. The molecule has 0 saturated heterocycles. The van der Waals surface area contributed by atoms with Crippen LogP contribution in [0.4, 0.5) is 4.39 Å². The van der Waals surface area contributed by atoms with E-state index in [9.17, 15) is 23.9 Å². The first-order valence-corrected chi connectivity index (χ1v) is 8.87. The van der Waals surface area contributed by atoms with Crippen molar-refractivity contribution in [2.75, 3.05) is 0 Å². The van der Waals surface area contributed by atoms with Crippen LogP contribution in [-0.2, 0) is 14.1 Å². The van der Waals surface area contributed by atoms with E-state index < -0.39 is 28.5 Å². The number of aromatic nitrogens is 5. The second kappa shape index (κ2) is 6.16. The summed E-state index contributed by atoms with van der Waals surface area (Å²) in [6, 6.07) is 5.18. The molecule has 9 nitrogen and oxygen atoms in total. The molecule has 3 aromatic heterocycles. The number of halogens is 1. The van der Waals surface area contributed by atoms with Gasteiger partial charge in [0.15, 0.2) is 11.2 Å². The molecule has 0 saturated carbocycles. The van der Waals surface area contributed by atoms with Gasteiger partial charge in [-0.25, -0.2) is 18.2 Å². The highest BCUT2D eigenvalue weighted by Crippen LogP contribution is 2.27. The van der Waals surface area contributed by atoms with Crippen molar-refractivity contribution in [3.8, 4) is 11.6 Å². The highest BCUT2D eigenvalue weighted by molar-refractivity contribution is 5.77. The van der Waals surface area contributed by atoms with E-state index >= 15 is 0 Å². The monoisotopic (exact) mass is 399 g/mol. The number of imidazole rings is 1. The molecule has 0 aliphatic carbocycles. The van der Waals surface area contributed by atoms with Crippen LogP contribution in [0, 0.1) is 5.82 Å². The molecule has 150 valence electrons. The minimum Gasteiger partial charge on any atom is -0.494 e. The first-order valence-electron chi connectivity index (χ1n) is 8.87. The molecule has 0 amide bonds. The standard InChI is InChI=1S/C19H18FN5O4/c1-9(2)12-15(26)24(11-7-5-10(20)6-8-11)18-21-14-13(25(18)16(12)27)17(28)23(4)19(29)22(14)3/h5-9,27H,1-4H3. The molecule has 1 aromatic carbocycles. The second-order valence-corrected chi connectivity index (χ2v) is 7.13. The van der Waals surface area contributed by atoms with Crippen LogP contribution in [0.1, 0.15) is 25.3 Å². The Hall–Kier alpha value is -3.69. The zero-order chi connectivity index (χ0) is 21.2. The predicted molar refractivity (Wildman–Crippen MR) is 104 cm³/mol. The van der Waals surface area contributed by atoms with E-state index in [1.54, 1.807) is 13.8 Å². The lowest BCUT2D eigenvalue weighted by Crippen LogP contribution is -2.37. The van der Waals surface area contributed by atoms with E-state index in [-0.39, 0.29) is 28.4 Å². The Labute approximate surface area is 162 Å². The van der Waals surface area contributed by atoms with Gasteiger partial charge in [0.05, 0.1) is 11.3 Å². The number of aryl methyl sites for hydroxylation is 1. The van der Waals surface area contributed by atoms with Gasteiger partial charge < -0.3 is 5.11 Å². The van der Waals surface area contributed by atoms with Gasteiger partial charge in [-0.05, 0) is 30.2 Å². The van der Waals surface area contributed by atoms with Crippen LogP contribution in [0.2, 0.25) is 0 Å². The van der Waals surface area contributed by atoms with Gasteiger partial charge in [0.1, 0.15) is 5.82 Å². The summed E-state index contributed by atoms with van der Waals surface area (Å²) in [5.74, 6) is -1.34. The third-order valence-corrected chi connectivity index (χ3v) is 4.99. The molecule has 10 heteroatoms. The highest BCUT2D eigenvalue weighted by atomic mass is 19.1. The number of aromatic hydroxyl groups is 1. The number of hydrogen-bond acceptors (Lipinski definition) is 5. The Morgan fingerprint density at radius 1 is 1.00 bits per heavy atom. The van der Waals surface area contributed by atoms with Crippen molar-refractivity contribution >= 4 is 16.9 Å². The largest absolute Gasteiger partial charge is 0.494 e. The summed E-state index contributed by atoms with van der Waals surface area (Å²) < 4.78 is 17.8. The Balaban J connectivity index is 2.36. The zero-order valence-electron chi connectivity index (χ0n) is 16.2. The number of nitrogens with zero attached hydrogens (tertiary/aromatic N) is 5. The lowest BCUT2D eigenvalue weighted by atomic mass is 10.1. The van der Waals surface area contributed by atoms with Crippen molar-refractivity contribution < 1.29 is 9.50 Å². The summed E-state index contributed by atoms with van der Waals surface area (Å²) in [5.41, 5.74) is -1.45. The van der Waals surface area contributed by atoms with Gasteiger partial charge >= 0.3 is 5.69 Å². The van der Waals surface area contributed by atoms with Crippen molar-refractivity contribution in [3.05, 3.63) is 66.8 Å². The molecule has 0 atom stereocenters. The van der Waals surface area contributed by atoms with E-state index in [1.807, 2.05) is 0 Å². The van der Waals surface area contributed by atoms with E-state index in [0.29, 0.717) is 5.69 Å². The smallest absolute Gasteiger partial charge is 0.332 e. The molecule has 0 radical (unpaired) electrons. The maximum atomic E-state index is 13.4.